The lowest BCUT2D eigenvalue weighted by molar-refractivity contribution is -0.135. The monoisotopic (exact) mass is 517 g/mol. The molecule has 3 atom stereocenters. The minimum Gasteiger partial charge on any atom is -0.345 e. The Bertz CT molecular complexity index is 1370. The lowest BCUT2D eigenvalue weighted by atomic mass is 9.90. The third kappa shape index (κ3) is 5.79. The number of nitrogens with zero attached hydrogens (tertiary/aromatic N) is 1. The van der Waals surface area contributed by atoms with E-state index in [1.165, 1.54) is 22.3 Å². The number of rotatable bonds is 6. The van der Waals surface area contributed by atoms with E-state index in [1.807, 2.05) is 18.9 Å². The highest BCUT2D eigenvalue weighted by molar-refractivity contribution is 7.89. The zero-order valence-electron chi connectivity index (χ0n) is 21.5. The number of sulfonamides is 1. The highest BCUT2D eigenvalue weighted by atomic mass is 32.2. The van der Waals surface area contributed by atoms with Crippen LogP contribution in [-0.4, -0.2) is 51.9 Å². The molecule has 0 saturated carbocycles. The maximum absolute atomic E-state index is 13.5. The standard InChI is InChI=1S/C30H35N3O3S/c1-21-11-13-28(14-12-21)37(35,36)32-27-17-25(18-31-19-27)30(34)33(2)20-26-16-23-8-4-3-7-22(23)15-24-9-5-6-10-29(24)26/h3-14,25-27,31-32H,15-20H2,1-2H3/t25-,26?,27+/m0/s1. The summed E-state index contributed by atoms with van der Waals surface area (Å²) < 4.78 is 28.6. The number of aryl methyl sites for hydroxylation is 1. The Morgan fingerprint density at radius 1 is 0.946 bits per heavy atom. The molecule has 1 saturated heterocycles. The van der Waals surface area contributed by atoms with Gasteiger partial charge in [-0.2, -0.15) is 0 Å². The fourth-order valence-corrected chi connectivity index (χ4v) is 6.97. The summed E-state index contributed by atoms with van der Waals surface area (Å²) in [7, 11) is -1.77. The van der Waals surface area contributed by atoms with Crippen molar-refractivity contribution in [1.29, 1.82) is 0 Å². The summed E-state index contributed by atoms with van der Waals surface area (Å²) in [5, 5.41) is 3.27. The van der Waals surface area contributed by atoms with Crippen molar-refractivity contribution in [3.05, 3.63) is 101 Å². The molecular formula is C30H35N3O3S. The van der Waals surface area contributed by atoms with Crippen LogP contribution in [0.5, 0.6) is 0 Å². The second kappa shape index (κ2) is 10.8. The molecule has 0 radical (unpaired) electrons. The van der Waals surface area contributed by atoms with Gasteiger partial charge in [-0.1, -0.05) is 66.2 Å². The Labute approximate surface area is 220 Å². The Morgan fingerprint density at radius 2 is 1.62 bits per heavy atom. The number of nitrogens with one attached hydrogen (secondary N) is 2. The fraction of sp³-hybridized carbons (Fsp3) is 0.367. The third-order valence-corrected chi connectivity index (χ3v) is 9.22. The van der Waals surface area contributed by atoms with Gasteiger partial charge in [-0.25, -0.2) is 13.1 Å². The predicted molar refractivity (Wildman–Crippen MR) is 146 cm³/mol. The molecule has 1 aliphatic carbocycles. The van der Waals surface area contributed by atoms with Gasteiger partial charge >= 0.3 is 0 Å². The maximum Gasteiger partial charge on any atom is 0.240 e. The quantitative estimate of drug-likeness (QED) is 0.523. The van der Waals surface area contributed by atoms with E-state index in [2.05, 4.69) is 58.6 Å². The van der Waals surface area contributed by atoms with Crippen LogP contribution < -0.4 is 10.0 Å². The summed E-state index contributed by atoms with van der Waals surface area (Å²) >= 11 is 0. The Hall–Kier alpha value is -3.00. The molecule has 1 aliphatic heterocycles. The number of hydrogen-bond acceptors (Lipinski definition) is 4. The number of likely N-dealkylation sites (N-methyl/N-ethyl adjacent to an activating group) is 1. The van der Waals surface area contributed by atoms with Crippen molar-refractivity contribution < 1.29 is 13.2 Å². The molecule has 0 bridgehead atoms. The first-order valence-electron chi connectivity index (χ1n) is 13.0. The summed E-state index contributed by atoms with van der Waals surface area (Å²) in [6, 6.07) is 23.6. The molecule has 37 heavy (non-hydrogen) atoms. The number of hydrogen-bond donors (Lipinski definition) is 2. The fourth-order valence-electron chi connectivity index (χ4n) is 5.72. The zero-order valence-corrected chi connectivity index (χ0v) is 22.3. The van der Waals surface area contributed by atoms with Crippen LogP contribution >= 0.6 is 0 Å². The number of amides is 1. The van der Waals surface area contributed by atoms with Gasteiger partial charge in [0.05, 0.1) is 10.8 Å². The molecule has 2 N–H and O–H groups in total. The van der Waals surface area contributed by atoms with E-state index in [9.17, 15) is 13.2 Å². The SMILES string of the molecule is Cc1ccc(S(=O)(=O)N[C@H]2CNC[C@@H](C(=O)N(C)CC3Cc4ccccc4Cc4ccccc43)C2)cc1. The number of carbonyl (C=O) groups excluding carboxylic acids is 1. The number of benzene rings is 3. The van der Waals surface area contributed by atoms with Gasteiger partial charge in [0.1, 0.15) is 0 Å². The van der Waals surface area contributed by atoms with Crippen molar-refractivity contribution in [3.8, 4) is 0 Å². The van der Waals surface area contributed by atoms with E-state index in [1.54, 1.807) is 24.3 Å². The average molecular weight is 518 g/mol. The van der Waals surface area contributed by atoms with Gasteiger partial charge in [0.15, 0.2) is 0 Å². The first kappa shape index (κ1) is 25.6. The lowest BCUT2D eigenvalue weighted by Gasteiger charge is -2.33. The minimum atomic E-state index is -3.65. The normalized spacial score (nSPS) is 21.4. The van der Waals surface area contributed by atoms with E-state index in [0.717, 1.165) is 18.4 Å². The molecule has 1 amide bonds. The number of fused-ring (bicyclic) bond motifs is 2. The Balaban J connectivity index is 1.27. The first-order chi connectivity index (χ1) is 17.8. The van der Waals surface area contributed by atoms with Crippen LogP contribution in [0.3, 0.4) is 0 Å². The summed E-state index contributed by atoms with van der Waals surface area (Å²) in [5.74, 6) is -0.0132. The highest BCUT2D eigenvalue weighted by Crippen LogP contribution is 2.33. The maximum atomic E-state index is 13.5. The van der Waals surface area contributed by atoms with Crippen LogP contribution in [0.2, 0.25) is 0 Å². The molecule has 0 spiro atoms. The molecule has 6 nitrogen and oxygen atoms in total. The summed E-state index contributed by atoms with van der Waals surface area (Å²) in [5.41, 5.74) is 6.33. The van der Waals surface area contributed by atoms with E-state index in [-0.39, 0.29) is 28.7 Å². The smallest absolute Gasteiger partial charge is 0.240 e. The largest absolute Gasteiger partial charge is 0.345 e. The first-order valence-corrected chi connectivity index (χ1v) is 14.5. The highest BCUT2D eigenvalue weighted by Gasteiger charge is 2.33. The van der Waals surface area contributed by atoms with Crippen LogP contribution in [-0.2, 0) is 27.7 Å². The van der Waals surface area contributed by atoms with Crippen molar-refractivity contribution in [1.82, 2.24) is 14.9 Å². The van der Waals surface area contributed by atoms with Gasteiger partial charge in [0.2, 0.25) is 15.9 Å². The molecule has 1 heterocycles. The molecule has 5 rings (SSSR count). The van der Waals surface area contributed by atoms with Gasteiger partial charge in [-0.05, 0) is 60.6 Å². The van der Waals surface area contributed by atoms with Crippen molar-refractivity contribution in [2.45, 2.75) is 43.0 Å². The Kier molecular flexibility index (Phi) is 7.47. The van der Waals surface area contributed by atoms with E-state index < -0.39 is 10.0 Å². The minimum absolute atomic E-state index is 0.0572. The van der Waals surface area contributed by atoms with Crippen LogP contribution in [0.25, 0.3) is 0 Å². The van der Waals surface area contributed by atoms with Crippen LogP contribution in [0.4, 0.5) is 0 Å². The van der Waals surface area contributed by atoms with Gasteiger partial charge in [0, 0.05) is 38.6 Å². The molecule has 1 unspecified atom stereocenters. The van der Waals surface area contributed by atoms with Gasteiger partial charge in [-0.15, -0.1) is 0 Å². The lowest BCUT2D eigenvalue weighted by Crippen LogP contribution is -2.52. The van der Waals surface area contributed by atoms with E-state index in [4.69, 9.17) is 0 Å². The molecule has 7 heteroatoms. The van der Waals surface area contributed by atoms with Gasteiger partial charge < -0.3 is 10.2 Å². The average Bonchev–Trinajstić information content (AvgIpc) is 3.05. The van der Waals surface area contributed by atoms with Crippen LogP contribution in [0.1, 0.15) is 40.2 Å². The molecular weight excluding hydrogens is 482 g/mol. The van der Waals surface area contributed by atoms with Crippen molar-refractivity contribution in [3.63, 3.8) is 0 Å². The third-order valence-electron chi connectivity index (χ3n) is 7.68. The second-order valence-electron chi connectivity index (χ2n) is 10.5. The predicted octanol–water partition coefficient (Wildman–Crippen LogP) is 3.64. The second-order valence-corrected chi connectivity index (χ2v) is 12.2. The topological polar surface area (TPSA) is 78.5 Å². The summed E-state index contributed by atoms with van der Waals surface area (Å²) in [4.78, 5) is 15.6. The van der Waals surface area contributed by atoms with Crippen molar-refractivity contribution in [2.75, 3.05) is 26.7 Å². The van der Waals surface area contributed by atoms with Crippen LogP contribution in [0.15, 0.2) is 77.7 Å². The van der Waals surface area contributed by atoms with Gasteiger partial charge in [0.25, 0.3) is 0 Å². The van der Waals surface area contributed by atoms with E-state index in [0.29, 0.717) is 26.1 Å². The molecule has 194 valence electrons. The zero-order chi connectivity index (χ0) is 26.0. The summed E-state index contributed by atoms with van der Waals surface area (Å²) in [6.07, 6.45) is 2.29. The molecule has 1 fully saturated rings. The van der Waals surface area contributed by atoms with Crippen molar-refractivity contribution >= 4 is 15.9 Å². The number of carbonyl (C=O) groups is 1. The van der Waals surface area contributed by atoms with Gasteiger partial charge in [-0.3, -0.25) is 4.79 Å². The molecule has 3 aromatic carbocycles. The molecule has 2 aliphatic rings. The number of piperidine rings is 1. The van der Waals surface area contributed by atoms with Crippen molar-refractivity contribution in [2.24, 2.45) is 5.92 Å². The summed E-state index contributed by atoms with van der Waals surface area (Å²) in [6.45, 7) is 3.61. The Morgan fingerprint density at radius 3 is 2.38 bits per heavy atom. The van der Waals surface area contributed by atoms with Crippen LogP contribution in [0, 0.1) is 12.8 Å². The molecule has 3 aromatic rings. The molecule has 0 aromatic heterocycles. The van der Waals surface area contributed by atoms with E-state index >= 15 is 0 Å².